The van der Waals surface area contributed by atoms with Gasteiger partial charge in [0.1, 0.15) is 5.75 Å². The van der Waals surface area contributed by atoms with Gasteiger partial charge in [-0.1, -0.05) is 36.4 Å². The molecule has 0 aliphatic carbocycles. The van der Waals surface area contributed by atoms with Gasteiger partial charge in [0, 0.05) is 44.0 Å². The average Bonchev–Trinajstić information content (AvgIpc) is 3.25. The number of piperidine rings is 1. The number of ether oxygens (including phenoxy) is 1. The summed E-state index contributed by atoms with van der Waals surface area (Å²) in [5.41, 5.74) is 2.92. The van der Waals surface area contributed by atoms with E-state index in [1.54, 1.807) is 7.11 Å². The molecule has 4 heteroatoms. The fourth-order valence-corrected chi connectivity index (χ4v) is 4.53. The van der Waals surface area contributed by atoms with E-state index in [9.17, 15) is 5.11 Å². The molecule has 0 amide bonds. The largest absolute Gasteiger partial charge is 0.496 e. The number of rotatable bonds is 5. The minimum absolute atomic E-state index is 0.735. The van der Waals surface area contributed by atoms with E-state index in [1.165, 1.54) is 37.2 Å². The van der Waals surface area contributed by atoms with Gasteiger partial charge in [0.15, 0.2) is 0 Å². The Labute approximate surface area is 162 Å². The minimum Gasteiger partial charge on any atom is -0.496 e. The third kappa shape index (κ3) is 3.83. The molecule has 4 nitrogen and oxygen atoms in total. The predicted molar refractivity (Wildman–Crippen MR) is 109 cm³/mol. The molecule has 2 aliphatic rings. The van der Waals surface area contributed by atoms with E-state index in [0.29, 0.717) is 0 Å². The first-order valence-electron chi connectivity index (χ1n) is 10.1. The summed E-state index contributed by atoms with van der Waals surface area (Å²) in [6.45, 7) is 5.08. The Morgan fingerprint density at radius 2 is 1.59 bits per heavy atom. The van der Waals surface area contributed by atoms with E-state index < -0.39 is 5.60 Å². The van der Waals surface area contributed by atoms with Gasteiger partial charge >= 0.3 is 0 Å². The van der Waals surface area contributed by atoms with Gasteiger partial charge in [0.2, 0.25) is 0 Å². The lowest BCUT2D eigenvalue weighted by molar-refractivity contribution is -0.0292. The van der Waals surface area contributed by atoms with Crippen molar-refractivity contribution in [2.45, 2.75) is 37.8 Å². The first-order chi connectivity index (χ1) is 13.2. The van der Waals surface area contributed by atoms with Crippen LogP contribution in [0.3, 0.4) is 0 Å². The summed E-state index contributed by atoms with van der Waals surface area (Å²) >= 11 is 0. The molecule has 4 rings (SSSR count). The van der Waals surface area contributed by atoms with Crippen LogP contribution < -0.4 is 9.64 Å². The number of hydrogen-bond donors (Lipinski definition) is 1. The van der Waals surface area contributed by atoms with Crippen molar-refractivity contribution >= 4 is 5.69 Å². The van der Waals surface area contributed by atoms with Crippen LogP contribution in [-0.4, -0.2) is 43.3 Å². The molecule has 2 fully saturated rings. The fraction of sp³-hybridized carbons (Fsp3) is 0.478. The highest BCUT2D eigenvalue weighted by molar-refractivity contribution is 5.54. The van der Waals surface area contributed by atoms with Crippen LogP contribution in [0.1, 0.15) is 36.8 Å². The Morgan fingerprint density at radius 3 is 2.33 bits per heavy atom. The Bertz CT molecular complexity index is 762. The predicted octanol–water partition coefficient (Wildman–Crippen LogP) is 3.78. The first-order valence-corrected chi connectivity index (χ1v) is 10.1. The summed E-state index contributed by atoms with van der Waals surface area (Å²) in [4.78, 5) is 4.99. The topological polar surface area (TPSA) is 35.9 Å². The van der Waals surface area contributed by atoms with Crippen LogP contribution in [0.5, 0.6) is 5.75 Å². The number of methoxy groups -OCH3 is 1. The molecular weight excluding hydrogens is 336 g/mol. The lowest BCUT2D eigenvalue weighted by atomic mass is 9.83. The van der Waals surface area contributed by atoms with E-state index in [1.807, 2.05) is 24.3 Å². The van der Waals surface area contributed by atoms with Crippen molar-refractivity contribution in [2.75, 3.05) is 38.2 Å². The van der Waals surface area contributed by atoms with Crippen LogP contribution in [0.15, 0.2) is 48.5 Å². The summed E-state index contributed by atoms with van der Waals surface area (Å²) in [6.07, 6.45) is 4.06. The molecule has 0 saturated carbocycles. The van der Waals surface area contributed by atoms with E-state index in [4.69, 9.17) is 4.74 Å². The molecule has 2 heterocycles. The van der Waals surface area contributed by atoms with Crippen molar-refractivity contribution in [3.63, 3.8) is 0 Å². The maximum atomic E-state index is 11.3. The van der Waals surface area contributed by atoms with Gasteiger partial charge in [-0.2, -0.15) is 0 Å². The Hall–Kier alpha value is -2.04. The standard InChI is InChI=1S/C23H30N2O2/c1-27-22-11-5-3-9-20(22)23(26)12-16-24(17-13-23)18-19-8-2-4-10-21(19)25-14-6-7-15-25/h2-5,8-11,26H,6-7,12-18H2,1H3. The highest BCUT2D eigenvalue weighted by atomic mass is 16.5. The van der Waals surface area contributed by atoms with Crippen molar-refractivity contribution in [2.24, 2.45) is 0 Å². The summed E-state index contributed by atoms with van der Waals surface area (Å²) in [5, 5.41) is 11.3. The second-order valence-corrected chi connectivity index (χ2v) is 7.83. The van der Waals surface area contributed by atoms with Gasteiger partial charge in [0.05, 0.1) is 12.7 Å². The van der Waals surface area contributed by atoms with E-state index in [2.05, 4.69) is 34.1 Å². The third-order valence-corrected chi connectivity index (χ3v) is 6.12. The minimum atomic E-state index is -0.794. The molecule has 0 spiro atoms. The van der Waals surface area contributed by atoms with Gasteiger partial charge in [-0.15, -0.1) is 0 Å². The Balaban J connectivity index is 1.44. The number of likely N-dealkylation sites (tertiary alicyclic amines) is 1. The highest BCUT2D eigenvalue weighted by Gasteiger charge is 2.36. The maximum absolute atomic E-state index is 11.3. The molecule has 0 bridgehead atoms. The molecule has 2 aliphatic heterocycles. The zero-order valence-corrected chi connectivity index (χ0v) is 16.2. The molecule has 0 radical (unpaired) electrons. The summed E-state index contributed by atoms with van der Waals surface area (Å²) < 4.78 is 5.48. The molecule has 0 unspecified atom stereocenters. The molecule has 1 N–H and O–H groups in total. The molecule has 2 aromatic rings. The average molecular weight is 367 g/mol. The smallest absolute Gasteiger partial charge is 0.124 e. The van der Waals surface area contributed by atoms with Gasteiger partial charge in [-0.25, -0.2) is 0 Å². The summed E-state index contributed by atoms with van der Waals surface area (Å²) in [7, 11) is 1.67. The molecule has 27 heavy (non-hydrogen) atoms. The van der Waals surface area contributed by atoms with Crippen LogP contribution in [0.4, 0.5) is 5.69 Å². The third-order valence-electron chi connectivity index (χ3n) is 6.12. The number of benzene rings is 2. The van der Waals surface area contributed by atoms with Crippen molar-refractivity contribution in [3.8, 4) is 5.75 Å². The molecule has 0 aromatic heterocycles. The molecule has 2 saturated heterocycles. The Kier molecular flexibility index (Phi) is 5.37. The van der Waals surface area contributed by atoms with E-state index in [0.717, 1.165) is 43.8 Å². The monoisotopic (exact) mass is 366 g/mol. The van der Waals surface area contributed by atoms with Crippen LogP contribution in [0, 0.1) is 0 Å². The van der Waals surface area contributed by atoms with Gasteiger partial charge in [-0.05, 0) is 43.4 Å². The van der Waals surface area contributed by atoms with Crippen molar-refractivity contribution in [1.82, 2.24) is 4.90 Å². The van der Waals surface area contributed by atoms with Gasteiger partial charge in [0.25, 0.3) is 0 Å². The summed E-state index contributed by atoms with van der Waals surface area (Å²) in [6, 6.07) is 16.7. The lowest BCUT2D eigenvalue weighted by Crippen LogP contribution is -2.42. The highest BCUT2D eigenvalue weighted by Crippen LogP contribution is 2.38. The maximum Gasteiger partial charge on any atom is 0.124 e. The zero-order chi connectivity index (χ0) is 18.7. The van der Waals surface area contributed by atoms with Crippen LogP contribution in [-0.2, 0) is 12.1 Å². The van der Waals surface area contributed by atoms with Crippen molar-refractivity contribution in [1.29, 1.82) is 0 Å². The fourth-order valence-electron chi connectivity index (χ4n) is 4.53. The molecule has 0 atom stereocenters. The van der Waals surface area contributed by atoms with E-state index >= 15 is 0 Å². The van der Waals surface area contributed by atoms with Gasteiger partial charge in [-0.3, -0.25) is 4.90 Å². The van der Waals surface area contributed by atoms with Crippen molar-refractivity contribution < 1.29 is 9.84 Å². The number of para-hydroxylation sites is 2. The molecule has 144 valence electrons. The quantitative estimate of drug-likeness (QED) is 0.874. The van der Waals surface area contributed by atoms with Crippen LogP contribution in [0.25, 0.3) is 0 Å². The number of nitrogens with zero attached hydrogens (tertiary/aromatic N) is 2. The van der Waals surface area contributed by atoms with Gasteiger partial charge < -0.3 is 14.7 Å². The van der Waals surface area contributed by atoms with Crippen LogP contribution >= 0.6 is 0 Å². The molecular formula is C23H30N2O2. The lowest BCUT2D eigenvalue weighted by Gasteiger charge is -2.39. The Morgan fingerprint density at radius 1 is 0.926 bits per heavy atom. The normalized spacial score (nSPS) is 20.0. The SMILES string of the molecule is COc1ccccc1C1(O)CCN(Cc2ccccc2N2CCCC2)CC1. The first kappa shape index (κ1) is 18.3. The summed E-state index contributed by atoms with van der Waals surface area (Å²) in [5.74, 6) is 0.785. The van der Waals surface area contributed by atoms with Crippen molar-refractivity contribution in [3.05, 3.63) is 59.7 Å². The number of hydrogen-bond acceptors (Lipinski definition) is 4. The second-order valence-electron chi connectivity index (χ2n) is 7.83. The zero-order valence-electron chi connectivity index (χ0n) is 16.2. The molecule has 2 aromatic carbocycles. The van der Waals surface area contributed by atoms with Crippen LogP contribution in [0.2, 0.25) is 0 Å². The number of anilines is 1. The van der Waals surface area contributed by atoms with E-state index in [-0.39, 0.29) is 0 Å². The number of aliphatic hydroxyl groups is 1. The second kappa shape index (κ2) is 7.91.